The average molecular weight is 268 g/mol. The molecule has 2 atom stereocenters. The molecule has 20 heavy (non-hydrogen) atoms. The van der Waals surface area contributed by atoms with Crippen LogP contribution in [0.1, 0.15) is 37.5 Å². The fourth-order valence-electron chi connectivity index (χ4n) is 2.99. The van der Waals surface area contributed by atoms with Crippen molar-refractivity contribution in [1.29, 1.82) is 0 Å². The lowest BCUT2D eigenvalue weighted by molar-refractivity contribution is -0.244. The first-order valence-corrected chi connectivity index (χ1v) is 7.04. The van der Waals surface area contributed by atoms with Crippen molar-refractivity contribution in [2.75, 3.05) is 0 Å². The van der Waals surface area contributed by atoms with Crippen molar-refractivity contribution in [3.05, 3.63) is 71.8 Å². The van der Waals surface area contributed by atoms with Gasteiger partial charge in [0.25, 0.3) is 0 Å². The maximum absolute atomic E-state index is 11.1. The van der Waals surface area contributed by atoms with Crippen LogP contribution in [0.2, 0.25) is 0 Å². The Morgan fingerprint density at radius 1 is 0.950 bits per heavy atom. The molecule has 0 amide bonds. The van der Waals surface area contributed by atoms with Gasteiger partial charge in [-0.3, -0.25) is 0 Å². The topological polar surface area (TPSA) is 29.5 Å². The summed E-state index contributed by atoms with van der Waals surface area (Å²) in [6.45, 7) is 4.12. The summed E-state index contributed by atoms with van der Waals surface area (Å²) in [4.78, 5) is 0. The quantitative estimate of drug-likeness (QED) is 0.891. The SMILES string of the molecule is CC1(C)C[C@@H](c2ccccc2)OC1(O)c1ccccc1. The molecule has 1 saturated heterocycles. The van der Waals surface area contributed by atoms with Gasteiger partial charge in [0.05, 0.1) is 6.10 Å². The Balaban J connectivity index is 1.97. The summed E-state index contributed by atoms with van der Waals surface area (Å²) in [5.74, 6) is -1.24. The van der Waals surface area contributed by atoms with Crippen LogP contribution in [0.4, 0.5) is 0 Å². The van der Waals surface area contributed by atoms with E-state index in [1.807, 2.05) is 48.5 Å². The lowest BCUT2D eigenvalue weighted by atomic mass is 9.77. The minimum absolute atomic E-state index is 0.0728. The van der Waals surface area contributed by atoms with Crippen LogP contribution in [0.25, 0.3) is 0 Å². The Morgan fingerprint density at radius 2 is 1.50 bits per heavy atom. The van der Waals surface area contributed by atoms with Crippen molar-refractivity contribution in [1.82, 2.24) is 0 Å². The van der Waals surface area contributed by atoms with E-state index in [-0.39, 0.29) is 11.5 Å². The summed E-state index contributed by atoms with van der Waals surface area (Å²) in [6, 6.07) is 19.8. The molecule has 2 heteroatoms. The van der Waals surface area contributed by atoms with E-state index in [4.69, 9.17) is 4.74 Å². The smallest absolute Gasteiger partial charge is 0.198 e. The van der Waals surface area contributed by atoms with E-state index < -0.39 is 5.79 Å². The molecular formula is C18H20O2. The van der Waals surface area contributed by atoms with E-state index >= 15 is 0 Å². The Hall–Kier alpha value is -1.64. The molecule has 1 unspecified atom stereocenters. The molecule has 2 nitrogen and oxygen atoms in total. The van der Waals surface area contributed by atoms with Gasteiger partial charge in [0, 0.05) is 11.0 Å². The van der Waals surface area contributed by atoms with Crippen molar-refractivity contribution in [3.8, 4) is 0 Å². The number of hydrogen-bond donors (Lipinski definition) is 1. The van der Waals surface area contributed by atoms with E-state index in [9.17, 15) is 5.11 Å². The summed E-state index contributed by atoms with van der Waals surface area (Å²) in [7, 11) is 0. The van der Waals surface area contributed by atoms with Gasteiger partial charge in [-0.1, -0.05) is 74.5 Å². The predicted octanol–water partition coefficient (Wildman–Crippen LogP) is 4.02. The highest BCUT2D eigenvalue weighted by Gasteiger charge is 2.54. The van der Waals surface area contributed by atoms with Gasteiger partial charge >= 0.3 is 0 Å². The van der Waals surface area contributed by atoms with Crippen LogP contribution < -0.4 is 0 Å². The summed E-state index contributed by atoms with van der Waals surface area (Å²) in [6.07, 6.45) is 0.721. The molecule has 2 aromatic carbocycles. The maximum Gasteiger partial charge on any atom is 0.198 e. The zero-order valence-electron chi connectivity index (χ0n) is 11.9. The van der Waals surface area contributed by atoms with Crippen LogP contribution in [0.15, 0.2) is 60.7 Å². The van der Waals surface area contributed by atoms with E-state index in [1.165, 1.54) is 0 Å². The summed E-state index contributed by atoms with van der Waals surface area (Å²) in [5.41, 5.74) is 1.60. The third-order valence-electron chi connectivity index (χ3n) is 4.26. The van der Waals surface area contributed by atoms with E-state index in [0.29, 0.717) is 0 Å². The van der Waals surface area contributed by atoms with Gasteiger partial charge in [-0.15, -0.1) is 0 Å². The van der Waals surface area contributed by atoms with Crippen LogP contribution in [-0.2, 0) is 10.5 Å². The number of aliphatic hydroxyl groups is 1. The molecular weight excluding hydrogens is 248 g/mol. The van der Waals surface area contributed by atoms with Crippen LogP contribution in [-0.4, -0.2) is 5.11 Å². The second kappa shape index (κ2) is 4.72. The highest BCUT2D eigenvalue weighted by atomic mass is 16.6. The van der Waals surface area contributed by atoms with Gasteiger partial charge in [-0.2, -0.15) is 0 Å². The fraction of sp³-hybridized carbons (Fsp3) is 0.333. The van der Waals surface area contributed by atoms with Crippen molar-refractivity contribution in [2.45, 2.75) is 32.2 Å². The highest BCUT2D eigenvalue weighted by molar-refractivity contribution is 5.27. The third-order valence-corrected chi connectivity index (χ3v) is 4.26. The van der Waals surface area contributed by atoms with Crippen LogP contribution >= 0.6 is 0 Å². The predicted molar refractivity (Wildman–Crippen MR) is 79.0 cm³/mol. The zero-order chi connectivity index (χ0) is 14.2. The fourth-order valence-corrected chi connectivity index (χ4v) is 2.99. The maximum atomic E-state index is 11.1. The molecule has 0 bridgehead atoms. The summed E-state index contributed by atoms with van der Waals surface area (Å²) >= 11 is 0. The van der Waals surface area contributed by atoms with Crippen molar-refractivity contribution in [3.63, 3.8) is 0 Å². The summed E-state index contributed by atoms with van der Waals surface area (Å²) in [5, 5.41) is 11.1. The molecule has 1 heterocycles. The van der Waals surface area contributed by atoms with Gasteiger partial charge in [-0.25, -0.2) is 0 Å². The van der Waals surface area contributed by atoms with Gasteiger partial charge in [0.15, 0.2) is 5.79 Å². The van der Waals surface area contributed by atoms with Crippen LogP contribution in [0.3, 0.4) is 0 Å². The molecule has 0 aromatic heterocycles. The lowest BCUT2D eigenvalue weighted by Crippen LogP contribution is -2.38. The Labute approximate surface area is 120 Å². The average Bonchev–Trinajstić information content (AvgIpc) is 2.72. The molecule has 2 aromatic rings. The Morgan fingerprint density at radius 3 is 2.10 bits per heavy atom. The van der Waals surface area contributed by atoms with Crippen molar-refractivity contribution >= 4 is 0 Å². The van der Waals surface area contributed by atoms with E-state index in [2.05, 4.69) is 26.0 Å². The zero-order valence-corrected chi connectivity index (χ0v) is 11.9. The monoisotopic (exact) mass is 268 g/mol. The van der Waals surface area contributed by atoms with Gasteiger partial charge in [0.2, 0.25) is 0 Å². The standard InChI is InChI=1S/C18H20O2/c1-17(2)13-16(14-9-5-3-6-10-14)20-18(17,19)15-11-7-4-8-12-15/h3-12,16,19H,13H2,1-2H3/t16-,18?/m0/s1. The molecule has 0 saturated carbocycles. The Bertz CT molecular complexity index is 577. The summed E-state index contributed by atoms with van der Waals surface area (Å²) < 4.78 is 6.09. The van der Waals surface area contributed by atoms with Gasteiger partial charge in [-0.05, 0) is 12.0 Å². The molecule has 0 radical (unpaired) electrons. The normalized spacial score (nSPS) is 28.4. The highest BCUT2D eigenvalue weighted by Crippen LogP contribution is 2.55. The Kier molecular flexibility index (Phi) is 3.15. The molecule has 0 spiro atoms. The number of benzene rings is 2. The van der Waals surface area contributed by atoms with E-state index in [1.54, 1.807) is 0 Å². The first kappa shape index (κ1) is 13.3. The third kappa shape index (κ3) is 2.05. The van der Waals surface area contributed by atoms with Crippen molar-refractivity contribution < 1.29 is 9.84 Å². The minimum atomic E-state index is -1.24. The van der Waals surface area contributed by atoms with Gasteiger partial charge < -0.3 is 9.84 Å². The minimum Gasteiger partial charge on any atom is -0.361 e. The second-order valence-electron chi connectivity index (χ2n) is 6.12. The molecule has 1 fully saturated rings. The first-order valence-electron chi connectivity index (χ1n) is 7.04. The van der Waals surface area contributed by atoms with Crippen molar-refractivity contribution in [2.24, 2.45) is 5.41 Å². The molecule has 104 valence electrons. The van der Waals surface area contributed by atoms with Gasteiger partial charge in [0.1, 0.15) is 0 Å². The lowest BCUT2D eigenvalue weighted by Gasteiger charge is -2.35. The number of ether oxygens (including phenoxy) is 1. The largest absolute Gasteiger partial charge is 0.361 e. The number of rotatable bonds is 2. The second-order valence-corrected chi connectivity index (χ2v) is 6.12. The number of hydrogen-bond acceptors (Lipinski definition) is 2. The first-order chi connectivity index (χ1) is 9.53. The van der Waals surface area contributed by atoms with E-state index in [0.717, 1.165) is 17.5 Å². The molecule has 3 rings (SSSR count). The molecule has 1 N–H and O–H groups in total. The molecule has 1 aliphatic rings. The molecule has 1 aliphatic heterocycles. The van der Waals surface area contributed by atoms with Crippen LogP contribution in [0, 0.1) is 5.41 Å². The van der Waals surface area contributed by atoms with Crippen LogP contribution in [0.5, 0.6) is 0 Å². The molecule has 0 aliphatic carbocycles.